The van der Waals surface area contributed by atoms with Crippen molar-refractivity contribution in [2.45, 2.75) is 39.3 Å². The largest absolute Gasteiger partial charge is 0.392 e. The van der Waals surface area contributed by atoms with E-state index in [9.17, 15) is 5.11 Å². The molecule has 3 heteroatoms. The van der Waals surface area contributed by atoms with E-state index in [1.165, 1.54) is 12.8 Å². The summed E-state index contributed by atoms with van der Waals surface area (Å²) >= 11 is 6.03. The van der Waals surface area contributed by atoms with Crippen molar-refractivity contribution in [1.29, 1.82) is 0 Å². The molecule has 1 heterocycles. The van der Waals surface area contributed by atoms with Gasteiger partial charge in [-0.2, -0.15) is 0 Å². The highest BCUT2D eigenvalue weighted by Crippen LogP contribution is 2.25. The molecule has 0 atom stereocenters. The highest BCUT2D eigenvalue weighted by Gasteiger charge is 2.07. The van der Waals surface area contributed by atoms with Gasteiger partial charge in [0.25, 0.3) is 0 Å². The Morgan fingerprint density at radius 3 is 2.82 bits per heavy atom. The van der Waals surface area contributed by atoms with Gasteiger partial charge in [0.15, 0.2) is 0 Å². The minimum Gasteiger partial charge on any atom is -0.392 e. The summed E-state index contributed by atoms with van der Waals surface area (Å²) in [5.41, 5.74) is 2.10. The number of fused-ring (bicyclic) bond motifs is 1. The Bertz CT molecular complexity index is 504. The first kappa shape index (κ1) is 12.5. The van der Waals surface area contributed by atoms with Crippen molar-refractivity contribution in [3.63, 3.8) is 0 Å². The van der Waals surface area contributed by atoms with E-state index >= 15 is 0 Å². The zero-order valence-electron chi connectivity index (χ0n) is 10.1. The number of hydrogen-bond donors (Lipinski definition) is 1. The van der Waals surface area contributed by atoms with Crippen LogP contribution in [0.1, 0.15) is 31.7 Å². The lowest BCUT2D eigenvalue weighted by Crippen LogP contribution is -1.95. The van der Waals surface area contributed by atoms with E-state index in [1.54, 1.807) is 0 Å². The van der Waals surface area contributed by atoms with E-state index in [0.717, 1.165) is 34.5 Å². The minimum absolute atomic E-state index is 0.0823. The molecular formula is C14H18ClNO. The average molecular weight is 252 g/mol. The van der Waals surface area contributed by atoms with Crippen molar-refractivity contribution in [2.75, 3.05) is 0 Å². The second-order valence-corrected chi connectivity index (χ2v) is 4.81. The van der Waals surface area contributed by atoms with Crippen LogP contribution in [-0.4, -0.2) is 9.67 Å². The molecule has 17 heavy (non-hydrogen) atoms. The molecule has 1 N–H and O–H groups in total. The quantitative estimate of drug-likeness (QED) is 0.799. The Morgan fingerprint density at radius 1 is 1.29 bits per heavy atom. The molecule has 0 unspecified atom stereocenters. The fourth-order valence-electron chi connectivity index (χ4n) is 2.18. The standard InChI is InChI=1S/C14H18ClNO/c1-2-3-4-7-16-9-11(10-17)13-6-5-12(15)8-14(13)16/h5-6,8-9,17H,2-4,7,10H2,1H3. The first-order chi connectivity index (χ1) is 8.26. The first-order valence-corrected chi connectivity index (χ1v) is 6.52. The fourth-order valence-corrected chi connectivity index (χ4v) is 2.35. The maximum Gasteiger partial charge on any atom is 0.0702 e. The van der Waals surface area contributed by atoms with Crippen molar-refractivity contribution in [1.82, 2.24) is 4.57 Å². The summed E-state index contributed by atoms with van der Waals surface area (Å²) < 4.78 is 2.20. The molecule has 2 aromatic rings. The highest BCUT2D eigenvalue weighted by atomic mass is 35.5. The van der Waals surface area contributed by atoms with E-state index in [1.807, 2.05) is 24.4 Å². The Balaban J connectivity index is 2.36. The maximum atomic E-state index is 9.34. The number of hydrogen-bond acceptors (Lipinski definition) is 1. The molecular weight excluding hydrogens is 234 g/mol. The Labute approximate surface area is 107 Å². The van der Waals surface area contributed by atoms with Crippen molar-refractivity contribution in [2.24, 2.45) is 0 Å². The van der Waals surface area contributed by atoms with Crippen LogP contribution in [0.3, 0.4) is 0 Å². The predicted octanol–water partition coefficient (Wildman–Crippen LogP) is 3.98. The lowest BCUT2D eigenvalue weighted by Gasteiger charge is -2.04. The SMILES string of the molecule is CCCCCn1cc(CO)c2ccc(Cl)cc21. The number of aryl methyl sites for hydroxylation is 1. The molecule has 2 rings (SSSR count). The molecule has 0 bridgehead atoms. The number of rotatable bonds is 5. The molecule has 92 valence electrons. The topological polar surface area (TPSA) is 25.2 Å². The van der Waals surface area contributed by atoms with Crippen LogP contribution in [0, 0.1) is 0 Å². The lowest BCUT2D eigenvalue weighted by molar-refractivity contribution is 0.283. The predicted molar refractivity (Wildman–Crippen MR) is 72.4 cm³/mol. The van der Waals surface area contributed by atoms with E-state index in [0.29, 0.717) is 0 Å². The van der Waals surface area contributed by atoms with Gasteiger partial charge in [0.2, 0.25) is 0 Å². The molecule has 0 saturated heterocycles. The summed E-state index contributed by atoms with van der Waals surface area (Å²) in [5, 5.41) is 11.2. The molecule has 0 spiro atoms. The third-order valence-electron chi connectivity index (χ3n) is 3.10. The molecule has 0 aliphatic heterocycles. The zero-order valence-corrected chi connectivity index (χ0v) is 10.9. The van der Waals surface area contributed by atoms with Crippen LogP contribution >= 0.6 is 11.6 Å². The Kier molecular flexibility index (Phi) is 4.08. The third-order valence-corrected chi connectivity index (χ3v) is 3.33. The number of nitrogens with zero attached hydrogens (tertiary/aromatic N) is 1. The monoisotopic (exact) mass is 251 g/mol. The van der Waals surface area contributed by atoms with E-state index in [4.69, 9.17) is 11.6 Å². The van der Waals surface area contributed by atoms with Crippen LogP contribution in [-0.2, 0) is 13.2 Å². The van der Waals surface area contributed by atoms with Gasteiger partial charge in [-0.3, -0.25) is 0 Å². The summed E-state index contributed by atoms with van der Waals surface area (Å²) in [5.74, 6) is 0. The van der Waals surface area contributed by atoms with Crippen LogP contribution in [0.25, 0.3) is 10.9 Å². The van der Waals surface area contributed by atoms with E-state index in [-0.39, 0.29) is 6.61 Å². The molecule has 1 aromatic heterocycles. The molecule has 1 aromatic carbocycles. The van der Waals surface area contributed by atoms with Gasteiger partial charge in [-0.25, -0.2) is 0 Å². The Morgan fingerprint density at radius 2 is 2.12 bits per heavy atom. The summed E-state index contributed by atoms with van der Waals surface area (Å²) in [7, 11) is 0. The second-order valence-electron chi connectivity index (χ2n) is 4.37. The van der Waals surface area contributed by atoms with Gasteiger partial charge < -0.3 is 9.67 Å². The lowest BCUT2D eigenvalue weighted by atomic mass is 10.2. The van der Waals surface area contributed by atoms with Gasteiger partial charge >= 0.3 is 0 Å². The fraction of sp³-hybridized carbons (Fsp3) is 0.429. The van der Waals surface area contributed by atoms with Crippen LogP contribution < -0.4 is 0 Å². The zero-order chi connectivity index (χ0) is 12.3. The number of unbranched alkanes of at least 4 members (excludes halogenated alkanes) is 2. The molecule has 0 aliphatic rings. The molecule has 2 nitrogen and oxygen atoms in total. The smallest absolute Gasteiger partial charge is 0.0702 e. The summed E-state index contributed by atoms with van der Waals surface area (Å²) in [6, 6.07) is 5.83. The third kappa shape index (κ3) is 2.64. The molecule has 0 fully saturated rings. The van der Waals surface area contributed by atoms with Crippen molar-refractivity contribution >= 4 is 22.5 Å². The van der Waals surface area contributed by atoms with Gasteiger partial charge in [-0.05, 0) is 18.6 Å². The van der Waals surface area contributed by atoms with Crippen molar-refractivity contribution in [3.05, 3.63) is 35.0 Å². The van der Waals surface area contributed by atoms with Gasteiger partial charge in [-0.1, -0.05) is 37.4 Å². The second kappa shape index (κ2) is 5.56. The van der Waals surface area contributed by atoms with Gasteiger partial charge in [0.05, 0.1) is 6.61 Å². The van der Waals surface area contributed by atoms with Gasteiger partial charge in [0, 0.05) is 34.2 Å². The van der Waals surface area contributed by atoms with Crippen LogP contribution in [0.4, 0.5) is 0 Å². The van der Waals surface area contributed by atoms with E-state index < -0.39 is 0 Å². The van der Waals surface area contributed by atoms with Gasteiger partial charge in [-0.15, -0.1) is 0 Å². The van der Waals surface area contributed by atoms with Crippen LogP contribution in [0.2, 0.25) is 5.02 Å². The summed E-state index contributed by atoms with van der Waals surface area (Å²) in [6.07, 6.45) is 5.65. The maximum absolute atomic E-state index is 9.34. The molecule has 0 radical (unpaired) electrons. The van der Waals surface area contributed by atoms with Crippen molar-refractivity contribution in [3.8, 4) is 0 Å². The number of aliphatic hydroxyl groups excluding tert-OH is 1. The van der Waals surface area contributed by atoms with Crippen LogP contribution in [0.5, 0.6) is 0 Å². The van der Waals surface area contributed by atoms with E-state index in [2.05, 4.69) is 11.5 Å². The summed E-state index contributed by atoms with van der Waals surface area (Å²) in [4.78, 5) is 0. The highest BCUT2D eigenvalue weighted by molar-refractivity contribution is 6.31. The number of halogens is 1. The van der Waals surface area contributed by atoms with Gasteiger partial charge in [0.1, 0.15) is 0 Å². The van der Waals surface area contributed by atoms with Crippen molar-refractivity contribution < 1.29 is 5.11 Å². The molecule has 0 aliphatic carbocycles. The van der Waals surface area contributed by atoms with Crippen LogP contribution in [0.15, 0.2) is 24.4 Å². The number of aromatic nitrogens is 1. The first-order valence-electron chi connectivity index (χ1n) is 6.14. The molecule has 0 saturated carbocycles. The number of aliphatic hydroxyl groups is 1. The normalized spacial score (nSPS) is 11.2. The average Bonchev–Trinajstić information content (AvgIpc) is 2.67. The minimum atomic E-state index is 0.0823. The number of benzene rings is 1. The Hall–Kier alpha value is -0.990. The molecule has 0 amide bonds. The summed E-state index contributed by atoms with van der Waals surface area (Å²) in [6.45, 7) is 3.27.